The maximum absolute atomic E-state index is 11.4. The van der Waals surface area contributed by atoms with Crippen molar-refractivity contribution < 1.29 is 9.90 Å². The molecule has 1 heterocycles. The summed E-state index contributed by atoms with van der Waals surface area (Å²) in [5, 5.41) is 12.7. The number of nitrogens with one attached hydrogen (secondary N) is 1. The fourth-order valence-corrected chi connectivity index (χ4v) is 3.16. The molecule has 2 N–H and O–H groups in total. The predicted octanol–water partition coefficient (Wildman–Crippen LogP) is 1.46. The molecule has 4 heteroatoms. The lowest BCUT2D eigenvalue weighted by molar-refractivity contribution is -0.144. The summed E-state index contributed by atoms with van der Waals surface area (Å²) in [6.07, 6.45) is 7.41. The first-order valence-corrected chi connectivity index (χ1v) is 6.83. The van der Waals surface area contributed by atoms with Crippen molar-refractivity contribution in [1.82, 2.24) is 10.2 Å². The van der Waals surface area contributed by atoms with Crippen molar-refractivity contribution in [3.05, 3.63) is 0 Å². The third-order valence-electron chi connectivity index (χ3n) is 4.46. The van der Waals surface area contributed by atoms with Crippen molar-refractivity contribution >= 4 is 5.97 Å². The van der Waals surface area contributed by atoms with Gasteiger partial charge in [-0.2, -0.15) is 0 Å². The number of aliphatic carboxylic acids is 1. The Balaban J connectivity index is 1.89. The predicted molar refractivity (Wildman–Crippen MR) is 67.1 cm³/mol. The van der Waals surface area contributed by atoms with Gasteiger partial charge in [0.05, 0.1) is 0 Å². The lowest BCUT2D eigenvalue weighted by Gasteiger charge is -2.35. The van der Waals surface area contributed by atoms with Crippen molar-refractivity contribution in [3.8, 4) is 0 Å². The summed E-state index contributed by atoms with van der Waals surface area (Å²) < 4.78 is 0. The Morgan fingerprint density at radius 1 is 1.35 bits per heavy atom. The van der Waals surface area contributed by atoms with Crippen LogP contribution in [0.5, 0.6) is 0 Å². The van der Waals surface area contributed by atoms with Crippen LogP contribution in [0.4, 0.5) is 0 Å². The molecule has 1 aliphatic heterocycles. The largest absolute Gasteiger partial charge is 0.480 e. The number of piperidine rings is 1. The lowest BCUT2D eigenvalue weighted by Crippen LogP contribution is -2.54. The normalized spacial score (nSPS) is 29.4. The van der Waals surface area contributed by atoms with Crippen molar-refractivity contribution in [2.24, 2.45) is 0 Å². The van der Waals surface area contributed by atoms with Gasteiger partial charge in [0, 0.05) is 12.6 Å². The van der Waals surface area contributed by atoms with Crippen LogP contribution in [0.2, 0.25) is 0 Å². The first kappa shape index (κ1) is 12.8. The number of likely N-dealkylation sites (N-methyl/N-ethyl adjacent to an activating group) is 1. The summed E-state index contributed by atoms with van der Waals surface area (Å²) in [4.78, 5) is 13.8. The molecule has 0 aromatic carbocycles. The molecular formula is C13H24N2O2. The minimum absolute atomic E-state index is 0.514. The summed E-state index contributed by atoms with van der Waals surface area (Å²) in [7, 11) is 2.15. The minimum atomic E-state index is -0.659. The van der Waals surface area contributed by atoms with Gasteiger partial charge in [-0.15, -0.1) is 0 Å². The zero-order valence-corrected chi connectivity index (χ0v) is 10.7. The van der Waals surface area contributed by atoms with E-state index in [1.165, 1.54) is 19.3 Å². The quantitative estimate of drug-likeness (QED) is 0.781. The molecule has 4 nitrogen and oxygen atoms in total. The molecule has 0 spiro atoms. The Hall–Kier alpha value is -0.610. The second-order valence-corrected chi connectivity index (χ2v) is 5.61. The number of rotatable bonds is 4. The molecule has 98 valence electrons. The van der Waals surface area contributed by atoms with Crippen molar-refractivity contribution in [2.45, 2.75) is 56.5 Å². The molecule has 0 aromatic rings. The second kappa shape index (κ2) is 5.36. The van der Waals surface area contributed by atoms with E-state index in [9.17, 15) is 9.90 Å². The summed E-state index contributed by atoms with van der Waals surface area (Å²) >= 11 is 0. The number of hydrogen-bond acceptors (Lipinski definition) is 3. The summed E-state index contributed by atoms with van der Waals surface area (Å²) in [6, 6.07) is 0.514. The number of carboxylic acid groups (broad SMARTS) is 1. The van der Waals surface area contributed by atoms with Gasteiger partial charge in [0.1, 0.15) is 5.54 Å². The van der Waals surface area contributed by atoms with Crippen LogP contribution in [0.25, 0.3) is 0 Å². The highest BCUT2D eigenvalue weighted by molar-refractivity contribution is 5.79. The summed E-state index contributed by atoms with van der Waals surface area (Å²) in [5.41, 5.74) is -0.627. The summed E-state index contributed by atoms with van der Waals surface area (Å²) in [5.74, 6) is -0.659. The van der Waals surface area contributed by atoms with E-state index in [1.54, 1.807) is 0 Å². The Morgan fingerprint density at radius 2 is 2.06 bits per heavy atom. The molecule has 2 fully saturated rings. The van der Waals surface area contributed by atoms with E-state index >= 15 is 0 Å². The summed E-state index contributed by atoms with van der Waals surface area (Å²) in [6.45, 7) is 1.97. The second-order valence-electron chi connectivity index (χ2n) is 5.61. The van der Waals surface area contributed by atoms with Crippen LogP contribution in [-0.2, 0) is 4.79 Å². The average molecular weight is 240 g/mol. The molecule has 17 heavy (non-hydrogen) atoms. The van der Waals surface area contributed by atoms with Crippen molar-refractivity contribution in [3.63, 3.8) is 0 Å². The highest BCUT2D eigenvalue weighted by atomic mass is 16.4. The monoisotopic (exact) mass is 240 g/mol. The van der Waals surface area contributed by atoms with Crippen LogP contribution in [0.15, 0.2) is 0 Å². The molecule has 1 saturated heterocycles. The first-order valence-electron chi connectivity index (χ1n) is 6.83. The van der Waals surface area contributed by atoms with Crippen molar-refractivity contribution in [1.29, 1.82) is 0 Å². The molecule has 2 aliphatic rings. The zero-order valence-electron chi connectivity index (χ0n) is 10.7. The van der Waals surface area contributed by atoms with E-state index in [-0.39, 0.29) is 0 Å². The maximum Gasteiger partial charge on any atom is 0.323 e. The third-order valence-corrected chi connectivity index (χ3v) is 4.46. The topological polar surface area (TPSA) is 52.6 Å². The molecule has 2 rings (SSSR count). The van der Waals surface area contributed by atoms with Gasteiger partial charge in [0.25, 0.3) is 0 Å². The smallest absolute Gasteiger partial charge is 0.323 e. The number of nitrogens with zero attached hydrogens (tertiary/aromatic N) is 1. The average Bonchev–Trinajstić information content (AvgIpc) is 2.78. The van der Waals surface area contributed by atoms with E-state index in [0.29, 0.717) is 6.04 Å². The highest BCUT2D eigenvalue weighted by Gasteiger charge is 2.41. The van der Waals surface area contributed by atoms with Gasteiger partial charge >= 0.3 is 5.97 Å². The zero-order chi connectivity index (χ0) is 12.3. The fraction of sp³-hybridized carbons (Fsp3) is 0.923. The Morgan fingerprint density at radius 3 is 2.65 bits per heavy atom. The molecule has 1 aliphatic carbocycles. The third kappa shape index (κ3) is 2.80. The lowest BCUT2D eigenvalue weighted by atomic mass is 9.96. The van der Waals surface area contributed by atoms with Crippen LogP contribution in [0.3, 0.4) is 0 Å². The Bertz CT molecular complexity index is 275. The SMILES string of the molecule is CN1CCCCC1CNC1(C(=O)O)CCCC1. The van der Waals surface area contributed by atoms with Gasteiger partial charge in [0.2, 0.25) is 0 Å². The Labute approximate surface area is 103 Å². The molecular weight excluding hydrogens is 216 g/mol. The molecule has 1 saturated carbocycles. The fourth-order valence-electron chi connectivity index (χ4n) is 3.16. The van der Waals surface area contributed by atoms with E-state index < -0.39 is 11.5 Å². The standard InChI is InChI=1S/C13H24N2O2/c1-15-9-5-2-6-11(15)10-14-13(12(16)17)7-3-4-8-13/h11,14H,2-10H2,1H3,(H,16,17). The number of likely N-dealkylation sites (tertiary alicyclic amines) is 1. The molecule has 0 aromatic heterocycles. The van der Waals surface area contributed by atoms with Crippen LogP contribution in [0, 0.1) is 0 Å². The first-order chi connectivity index (χ1) is 8.14. The van der Waals surface area contributed by atoms with Gasteiger partial charge in [-0.1, -0.05) is 19.3 Å². The molecule has 0 radical (unpaired) electrons. The highest BCUT2D eigenvalue weighted by Crippen LogP contribution is 2.30. The van der Waals surface area contributed by atoms with E-state index in [0.717, 1.165) is 38.8 Å². The number of carboxylic acids is 1. The minimum Gasteiger partial charge on any atom is -0.480 e. The van der Waals surface area contributed by atoms with E-state index in [1.807, 2.05) is 0 Å². The van der Waals surface area contributed by atoms with Crippen LogP contribution >= 0.6 is 0 Å². The molecule has 1 unspecified atom stereocenters. The van der Waals surface area contributed by atoms with Crippen molar-refractivity contribution in [2.75, 3.05) is 20.1 Å². The van der Waals surface area contributed by atoms with Gasteiger partial charge < -0.3 is 15.3 Å². The number of carbonyl (C=O) groups is 1. The Kier molecular flexibility index (Phi) is 4.05. The van der Waals surface area contributed by atoms with Crippen LogP contribution in [0.1, 0.15) is 44.9 Å². The van der Waals surface area contributed by atoms with E-state index in [2.05, 4.69) is 17.3 Å². The van der Waals surface area contributed by atoms with E-state index in [4.69, 9.17) is 0 Å². The van der Waals surface area contributed by atoms with Crippen LogP contribution < -0.4 is 5.32 Å². The molecule has 0 amide bonds. The maximum atomic E-state index is 11.4. The number of hydrogen-bond donors (Lipinski definition) is 2. The molecule has 1 atom stereocenters. The van der Waals surface area contributed by atoms with Gasteiger partial charge in [-0.25, -0.2) is 0 Å². The van der Waals surface area contributed by atoms with Crippen LogP contribution in [-0.4, -0.2) is 47.7 Å². The molecule has 0 bridgehead atoms. The van der Waals surface area contributed by atoms with Gasteiger partial charge in [-0.3, -0.25) is 4.79 Å². The van der Waals surface area contributed by atoms with Gasteiger partial charge in [-0.05, 0) is 39.3 Å². The van der Waals surface area contributed by atoms with Gasteiger partial charge in [0.15, 0.2) is 0 Å².